The van der Waals surface area contributed by atoms with Crippen molar-refractivity contribution in [1.82, 2.24) is 10.2 Å². The molecule has 4 aromatic carbocycles. The van der Waals surface area contributed by atoms with E-state index in [0.29, 0.717) is 27.3 Å². The fourth-order valence-corrected chi connectivity index (χ4v) is 6.66. The van der Waals surface area contributed by atoms with Gasteiger partial charge in [-0.2, -0.15) is 0 Å². The van der Waals surface area contributed by atoms with Gasteiger partial charge in [0.05, 0.1) is 10.6 Å². The summed E-state index contributed by atoms with van der Waals surface area (Å²) in [7, 11) is -4.15. The van der Waals surface area contributed by atoms with Gasteiger partial charge >= 0.3 is 0 Å². The van der Waals surface area contributed by atoms with Crippen molar-refractivity contribution >= 4 is 55.1 Å². The molecule has 0 spiro atoms. The number of rotatable bonds is 13. The number of hydrogen-bond donors (Lipinski definition) is 1. The van der Waals surface area contributed by atoms with Gasteiger partial charge in [-0.25, -0.2) is 8.42 Å². The van der Waals surface area contributed by atoms with Crippen LogP contribution in [0.2, 0.25) is 5.02 Å². The lowest BCUT2D eigenvalue weighted by atomic mass is 10.0. The Morgan fingerprint density at radius 1 is 0.860 bits per heavy atom. The van der Waals surface area contributed by atoms with Crippen molar-refractivity contribution in [2.45, 2.75) is 37.2 Å². The molecule has 7 nitrogen and oxygen atoms in total. The number of carbonyl (C=O) groups is 2. The van der Waals surface area contributed by atoms with Crippen LogP contribution in [0, 0.1) is 0 Å². The molecule has 4 aromatic rings. The van der Waals surface area contributed by atoms with Gasteiger partial charge < -0.3 is 10.2 Å². The molecule has 0 fully saturated rings. The van der Waals surface area contributed by atoms with E-state index in [1.54, 1.807) is 60.7 Å². The monoisotopic (exact) mass is 681 g/mol. The predicted octanol–water partition coefficient (Wildman–Crippen LogP) is 6.46. The SMILES string of the molecule is CCCNC(=O)[C@H](Cc1ccccc1)N(Cc1cccc(Cl)c1)C(=O)CN(c1cccc(Br)c1)S(=O)(=O)c1ccccc1. The number of anilines is 1. The highest BCUT2D eigenvalue weighted by Gasteiger charge is 2.34. The zero-order valence-corrected chi connectivity index (χ0v) is 26.9. The normalized spacial score (nSPS) is 11.9. The Kier molecular flexibility index (Phi) is 11.4. The Labute approximate surface area is 266 Å². The maximum absolute atomic E-state index is 14.4. The van der Waals surface area contributed by atoms with E-state index in [-0.39, 0.29) is 23.8 Å². The molecule has 0 saturated heterocycles. The van der Waals surface area contributed by atoms with Crippen LogP contribution in [-0.4, -0.2) is 44.3 Å². The second-order valence-corrected chi connectivity index (χ2v) is 13.2. The van der Waals surface area contributed by atoms with E-state index in [4.69, 9.17) is 11.6 Å². The van der Waals surface area contributed by atoms with E-state index in [9.17, 15) is 18.0 Å². The topological polar surface area (TPSA) is 86.8 Å². The number of amides is 2. The summed E-state index contributed by atoms with van der Waals surface area (Å²) in [5.74, 6) is -0.854. The first-order chi connectivity index (χ1) is 20.7. The van der Waals surface area contributed by atoms with Crippen molar-refractivity contribution in [3.05, 3.63) is 130 Å². The van der Waals surface area contributed by atoms with Crippen LogP contribution in [0.1, 0.15) is 24.5 Å². The fraction of sp³-hybridized carbons (Fsp3) is 0.212. The number of nitrogens with zero attached hydrogens (tertiary/aromatic N) is 2. The van der Waals surface area contributed by atoms with Crippen molar-refractivity contribution in [2.24, 2.45) is 0 Å². The van der Waals surface area contributed by atoms with Gasteiger partial charge in [-0.1, -0.05) is 101 Å². The van der Waals surface area contributed by atoms with Crippen LogP contribution in [0.4, 0.5) is 5.69 Å². The van der Waals surface area contributed by atoms with E-state index >= 15 is 0 Å². The third-order valence-electron chi connectivity index (χ3n) is 6.77. The first kappa shape index (κ1) is 32.3. The highest BCUT2D eigenvalue weighted by molar-refractivity contribution is 9.10. The van der Waals surface area contributed by atoms with Crippen molar-refractivity contribution in [2.75, 3.05) is 17.4 Å². The van der Waals surface area contributed by atoms with Crippen LogP contribution in [0.15, 0.2) is 119 Å². The van der Waals surface area contributed by atoms with Crippen molar-refractivity contribution in [1.29, 1.82) is 0 Å². The van der Waals surface area contributed by atoms with Gasteiger partial charge in [-0.3, -0.25) is 13.9 Å². The van der Waals surface area contributed by atoms with E-state index in [1.807, 2.05) is 43.3 Å². The first-order valence-corrected chi connectivity index (χ1v) is 16.5. The van der Waals surface area contributed by atoms with Crippen molar-refractivity contribution < 1.29 is 18.0 Å². The highest BCUT2D eigenvalue weighted by Crippen LogP contribution is 2.27. The van der Waals surface area contributed by atoms with E-state index in [1.165, 1.54) is 17.0 Å². The lowest BCUT2D eigenvalue weighted by molar-refractivity contribution is -0.140. The molecule has 0 aliphatic heterocycles. The van der Waals surface area contributed by atoms with Gasteiger partial charge in [-0.15, -0.1) is 0 Å². The Hall–Kier alpha value is -3.66. The molecule has 43 heavy (non-hydrogen) atoms. The summed E-state index contributed by atoms with van der Waals surface area (Å²) in [6.45, 7) is 1.91. The molecular formula is C33H33BrClN3O4S. The second-order valence-electron chi connectivity index (χ2n) is 9.95. The molecule has 4 rings (SSSR count). The molecule has 0 bridgehead atoms. The zero-order chi connectivity index (χ0) is 30.8. The largest absolute Gasteiger partial charge is 0.354 e. The number of nitrogens with one attached hydrogen (secondary N) is 1. The molecular weight excluding hydrogens is 650 g/mol. The molecule has 0 aliphatic carbocycles. The minimum Gasteiger partial charge on any atom is -0.354 e. The average Bonchev–Trinajstić information content (AvgIpc) is 3.01. The molecule has 1 N–H and O–H groups in total. The lowest BCUT2D eigenvalue weighted by Crippen LogP contribution is -2.53. The lowest BCUT2D eigenvalue weighted by Gasteiger charge is -2.34. The summed E-state index contributed by atoms with van der Waals surface area (Å²) in [6.07, 6.45) is 0.961. The molecule has 0 radical (unpaired) electrons. The molecule has 224 valence electrons. The van der Waals surface area contributed by atoms with Gasteiger partial charge in [-0.05, 0) is 60.0 Å². The van der Waals surface area contributed by atoms with Crippen LogP contribution < -0.4 is 9.62 Å². The maximum Gasteiger partial charge on any atom is 0.264 e. The molecule has 1 atom stereocenters. The van der Waals surface area contributed by atoms with Crippen molar-refractivity contribution in [3.63, 3.8) is 0 Å². The van der Waals surface area contributed by atoms with E-state index in [2.05, 4.69) is 21.2 Å². The third-order valence-corrected chi connectivity index (χ3v) is 9.28. The summed E-state index contributed by atoms with van der Waals surface area (Å²) in [4.78, 5) is 29.5. The van der Waals surface area contributed by atoms with Crippen LogP contribution in [0.3, 0.4) is 0 Å². The zero-order valence-electron chi connectivity index (χ0n) is 23.7. The molecule has 0 aromatic heterocycles. The van der Waals surface area contributed by atoms with Crippen LogP contribution >= 0.6 is 27.5 Å². The first-order valence-electron chi connectivity index (χ1n) is 13.9. The van der Waals surface area contributed by atoms with Gasteiger partial charge in [0, 0.05) is 29.0 Å². The van der Waals surface area contributed by atoms with Crippen molar-refractivity contribution in [3.8, 4) is 0 Å². The van der Waals surface area contributed by atoms with E-state index < -0.39 is 28.5 Å². The summed E-state index contributed by atoms with van der Waals surface area (Å²) >= 11 is 9.70. The Balaban J connectivity index is 1.79. The average molecular weight is 683 g/mol. The summed E-state index contributed by atoms with van der Waals surface area (Å²) in [5, 5.41) is 3.43. The Morgan fingerprint density at radius 3 is 2.16 bits per heavy atom. The van der Waals surface area contributed by atoms with Gasteiger partial charge in [0.2, 0.25) is 11.8 Å². The number of hydrogen-bond acceptors (Lipinski definition) is 4. The summed E-state index contributed by atoms with van der Waals surface area (Å²) in [6, 6.07) is 30.3. The van der Waals surface area contributed by atoms with Crippen LogP contribution in [0.25, 0.3) is 0 Å². The number of carbonyl (C=O) groups excluding carboxylic acids is 2. The molecule has 2 amide bonds. The van der Waals surface area contributed by atoms with E-state index in [0.717, 1.165) is 16.3 Å². The molecule has 0 aliphatic rings. The summed E-state index contributed by atoms with van der Waals surface area (Å²) < 4.78 is 29.7. The Morgan fingerprint density at radius 2 is 1.51 bits per heavy atom. The number of halogens is 2. The molecule has 10 heteroatoms. The number of sulfonamides is 1. The smallest absolute Gasteiger partial charge is 0.264 e. The predicted molar refractivity (Wildman–Crippen MR) is 174 cm³/mol. The molecule has 0 saturated carbocycles. The van der Waals surface area contributed by atoms with Gasteiger partial charge in [0.25, 0.3) is 10.0 Å². The standard InChI is InChI=1S/C33H33BrClN3O4S/c1-2-19-36-33(40)31(21-25-11-5-3-6-12-25)37(23-26-13-9-15-28(35)20-26)32(39)24-38(29-16-10-14-27(34)22-29)43(41,42)30-17-7-4-8-18-30/h3-18,20,22,31H,2,19,21,23-24H2,1H3,(H,36,40)/t31-/m0/s1. The minimum atomic E-state index is -4.15. The Bertz CT molecular complexity index is 1640. The van der Waals surface area contributed by atoms with Crippen LogP contribution in [-0.2, 0) is 32.6 Å². The maximum atomic E-state index is 14.4. The highest BCUT2D eigenvalue weighted by atomic mass is 79.9. The quantitative estimate of drug-likeness (QED) is 0.175. The third kappa shape index (κ3) is 8.69. The van der Waals surface area contributed by atoms with Gasteiger partial charge in [0.15, 0.2) is 0 Å². The number of benzene rings is 4. The van der Waals surface area contributed by atoms with Crippen LogP contribution in [0.5, 0.6) is 0 Å². The fourth-order valence-electron chi connectivity index (χ4n) is 4.63. The molecule has 0 unspecified atom stereocenters. The summed E-state index contributed by atoms with van der Waals surface area (Å²) in [5.41, 5.74) is 1.88. The minimum absolute atomic E-state index is 0.0469. The second kappa shape index (κ2) is 15.2. The molecule has 0 heterocycles. The van der Waals surface area contributed by atoms with Gasteiger partial charge in [0.1, 0.15) is 12.6 Å².